The molecule has 0 bridgehead atoms. The summed E-state index contributed by atoms with van der Waals surface area (Å²) >= 11 is 1.42. The molecule has 1 aliphatic heterocycles. The number of nitrogens with zero attached hydrogens (tertiary/aromatic N) is 5. The molecule has 1 aliphatic rings. The molecular formula is C17H21N5OS2. The SMILES string of the molecule is CN1CCN(CCS(=O)c2nn3c(-c4ccccc4)cnc3s2)CC1. The third-order valence-electron chi connectivity index (χ3n) is 4.52. The quantitative estimate of drug-likeness (QED) is 0.681. The van der Waals surface area contributed by atoms with Gasteiger partial charge in [0, 0.05) is 44.0 Å². The maximum Gasteiger partial charge on any atom is 0.213 e. The molecule has 25 heavy (non-hydrogen) atoms. The van der Waals surface area contributed by atoms with Crippen LogP contribution in [0.3, 0.4) is 0 Å². The van der Waals surface area contributed by atoms with Gasteiger partial charge in [0.15, 0.2) is 0 Å². The van der Waals surface area contributed by atoms with Gasteiger partial charge in [-0.2, -0.15) is 0 Å². The number of benzene rings is 1. The van der Waals surface area contributed by atoms with Gasteiger partial charge in [-0.3, -0.25) is 9.11 Å². The zero-order valence-corrected chi connectivity index (χ0v) is 15.8. The van der Waals surface area contributed by atoms with E-state index >= 15 is 0 Å². The van der Waals surface area contributed by atoms with Gasteiger partial charge < -0.3 is 4.90 Å². The number of hydrogen-bond acceptors (Lipinski definition) is 6. The number of imidazole rings is 1. The molecular weight excluding hydrogens is 354 g/mol. The normalized spacial score (nSPS) is 18.0. The van der Waals surface area contributed by atoms with Crippen molar-refractivity contribution in [2.24, 2.45) is 0 Å². The van der Waals surface area contributed by atoms with Crippen LogP contribution in [0.1, 0.15) is 0 Å². The van der Waals surface area contributed by atoms with Crippen molar-refractivity contribution in [3.8, 4) is 11.3 Å². The van der Waals surface area contributed by atoms with Crippen LogP contribution in [0.5, 0.6) is 0 Å². The van der Waals surface area contributed by atoms with E-state index in [-0.39, 0.29) is 0 Å². The predicted octanol–water partition coefficient (Wildman–Crippen LogP) is 1.81. The van der Waals surface area contributed by atoms with Gasteiger partial charge in [-0.05, 0) is 7.05 Å². The molecule has 0 radical (unpaired) electrons. The molecule has 0 saturated carbocycles. The van der Waals surface area contributed by atoms with Gasteiger partial charge in [0.1, 0.15) is 0 Å². The standard InChI is InChI=1S/C17H21N5OS2/c1-20-7-9-21(10-8-20)11-12-25(23)17-19-22-15(13-18-16(22)24-17)14-5-3-2-4-6-14/h2-6,13H,7-12H2,1H3. The van der Waals surface area contributed by atoms with E-state index < -0.39 is 10.8 Å². The van der Waals surface area contributed by atoms with Crippen LogP contribution in [0.25, 0.3) is 16.2 Å². The molecule has 1 fully saturated rings. The molecule has 132 valence electrons. The van der Waals surface area contributed by atoms with Crippen LogP contribution < -0.4 is 0 Å². The monoisotopic (exact) mass is 375 g/mol. The summed E-state index contributed by atoms with van der Waals surface area (Å²) in [7, 11) is 1.07. The van der Waals surface area contributed by atoms with E-state index in [0.29, 0.717) is 10.1 Å². The Kier molecular flexibility index (Phi) is 4.93. The Bertz CT molecular complexity index is 868. The first-order chi connectivity index (χ1) is 12.2. The first-order valence-electron chi connectivity index (χ1n) is 8.40. The van der Waals surface area contributed by atoms with Crippen LogP contribution in [0.2, 0.25) is 0 Å². The van der Waals surface area contributed by atoms with Crippen LogP contribution >= 0.6 is 11.3 Å². The summed E-state index contributed by atoms with van der Waals surface area (Å²) in [6.07, 6.45) is 1.82. The summed E-state index contributed by atoms with van der Waals surface area (Å²) in [6, 6.07) is 10.0. The Morgan fingerprint density at radius 1 is 1.16 bits per heavy atom. The molecule has 1 aromatic carbocycles. The van der Waals surface area contributed by atoms with Crippen molar-refractivity contribution in [3.05, 3.63) is 36.5 Å². The van der Waals surface area contributed by atoms with Crippen LogP contribution in [-0.4, -0.2) is 74.1 Å². The Balaban J connectivity index is 1.46. The molecule has 8 heteroatoms. The highest BCUT2D eigenvalue weighted by Crippen LogP contribution is 2.25. The molecule has 1 atom stereocenters. The van der Waals surface area contributed by atoms with Crippen LogP contribution in [0.4, 0.5) is 0 Å². The lowest BCUT2D eigenvalue weighted by Crippen LogP contribution is -2.45. The van der Waals surface area contributed by atoms with Gasteiger partial charge in [-0.15, -0.1) is 5.10 Å². The second kappa shape index (κ2) is 7.33. The topological polar surface area (TPSA) is 53.7 Å². The van der Waals surface area contributed by atoms with Gasteiger partial charge in [-0.25, -0.2) is 9.50 Å². The minimum atomic E-state index is -1.08. The van der Waals surface area contributed by atoms with Gasteiger partial charge >= 0.3 is 0 Å². The fourth-order valence-corrected chi connectivity index (χ4v) is 5.17. The molecule has 0 amide bonds. The largest absolute Gasteiger partial charge is 0.304 e. The molecule has 4 rings (SSSR count). The molecule has 3 aromatic rings. The molecule has 1 saturated heterocycles. The fourth-order valence-electron chi connectivity index (χ4n) is 2.94. The van der Waals surface area contributed by atoms with Crippen molar-refractivity contribution in [3.63, 3.8) is 0 Å². The highest BCUT2D eigenvalue weighted by atomic mass is 32.2. The summed E-state index contributed by atoms with van der Waals surface area (Å²) in [6.45, 7) is 5.12. The first kappa shape index (κ1) is 16.8. The van der Waals surface area contributed by atoms with Crippen molar-refractivity contribution in [1.82, 2.24) is 24.4 Å². The third-order valence-corrected chi connectivity index (χ3v) is 7.07. The molecule has 1 unspecified atom stereocenters. The number of fused-ring (bicyclic) bond motifs is 1. The Labute approximate surface area is 153 Å². The van der Waals surface area contributed by atoms with E-state index in [1.807, 2.05) is 41.0 Å². The highest BCUT2D eigenvalue weighted by Gasteiger charge is 2.18. The van der Waals surface area contributed by atoms with Gasteiger partial charge in [0.05, 0.1) is 22.7 Å². The summed E-state index contributed by atoms with van der Waals surface area (Å²) in [5.41, 5.74) is 2.00. The Morgan fingerprint density at radius 2 is 1.92 bits per heavy atom. The van der Waals surface area contributed by atoms with Crippen LogP contribution in [0.15, 0.2) is 40.9 Å². The van der Waals surface area contributed by atoms with E-state index in [1.165, 1.54) is 11.3 Å². The number of rotatable bonds is 5. The summed E-state index contributed by atoms with van der Waals surface area (Å²) in [4.78, 5) is 9.93. The van der Waals surface area contributed by atoms with Gasteiger partial charge in [0.2, 0.25) is 9.30 Å². The second-order valence-corrected chi connectivity index (χ2v) is 8.97. The summed E-state index contributed by atoms with van der Waals surface area (Å²) in [5.74, 6) is 0.626. The van der Waals surface area contributed by atoms with E-state index in [4.69, 9.17) is 0 Å². The van der Waals surface area contributed by atoms with Gasteiger partial charge in [0.25, 0.3) is 0 Å². The molecule has 0 N–H and O–H groups in total. The highest BCUT2D eigenvalue weighted by molar-refractivity contribution is 7.87. The van der Waals surface area contributed by atoms with Crippen molar-refractivity contribution in [2.45, 2.75) is 4.34 Å². The zero-order valence-electron chi connectivity index (χ0n) is 14.2. The molecule has 0 spiro atoms. The van der Waals surface area contributed by atoms with Crippen molar-refractivity contribution < 1.29 is 4.21 Å². The number of hydrogen-bond donors (Lipinski definition) is 0. The number of aromatic nitrogens is 3. The van der Waals surface area contributed by atoms with Crippen molar-refractivity contribution in [2.75, 3.05) is 45.5 Å². The average Bonchev–Trinajstić information content (AvgIpc) is 3.22. The molecule has 0 aliphatic carbocycles. The second-order valence-electron chi connectivity index (χ2n) is 6.27. The van der Waals surface area contributed by atoms with E-state index in [2.05, 4.69) is 26.9 Å². The van der Waals surface area contributed by atoms with E-state index in [9.17, 15) is 4.21 Å². The maximum atomic E-state index is 12.6. The lowest BCUT2D eigenvalue weighted by molar-refractivity contribution is 0.161. The number of likely N-dealkylation sites (N-methyl/N-ethyl adjacent to an activating group) is 1. The molecule has 2 aromatic heterocycles. The lowest BCUT2D eigenvalue weighted by atomic mass is 10.2. The zero-order chi connectivity index (χ0) is 17.2. The maximum absolute atomic E-state index is 12.6. The lowest BCUT2D eigenvalue weighted by Gasteiger charge is -2.32. The van der Waals surface area contributed by atoms with Crippen LogP contribution in [0, 0.1) is 0 Å². The summed E-state index contributed by atoms with van der Waals surface area (Å²) < 4.78 is 15.1. The average molecular weight is 376 g/mol. The number of piperazine rings is 1. The van der Waals surface area contributed by atoms with E-state index in [0.717, 1.165) is 48.9 Å². The fraction of sp³-hybridized carbons (Fsp3) is 0.412. The molecule has 6 nitrogen and oxygen atoms in total. The Hall–Kier alpha value is -1.61. The van der Waals surface area contributed by atoms with Crippen LogP contribution in [-0.2, 0) is 10.8 Å². The first-order valence-corrected chi connectivity index (χ1v) is 10.5. The summed E-state index contributed by atoms with van der Waals surface area (Å²) in [5, 5.41) is 4.57. The molecule has 3 heterocycles. The third kappa shape index (κ3) is 3.67. The predicted molar refractivity (Wildman–Crippen MR) is 102 cm³/mol. The minimum absolute atomic E-state index is 0.626. The minimum Gasteiger partial charge on any atom is -0.304 e. The smallest absolute Gasteiger partial charge is 0.213 e. The Morgan fingerprint density at radius 3 is 2.68 bits per heavy atom. The van der Waals surface area contributed by atoms with Crippen molar-refractivity contribution >= 4 is 27.1 Å². The van der Waals surface area contributed by atoms with E-state index in [1.54, 1.807) is 0 Å². The van der Waals surface area contributed by atoms with Crippen molar-refractivity contribution in [1.29, 1.82) is 0 Å². The van der Waals surface area contributed by atoms with Gasteiger partial charge in [-0.1, -0.05) is 41.7 Å².